The fourth-order valence-electron chi connectivity index (χ4n) is 2.21. The molecular weight excluding hydrogens is 244 g/mol. The number of aliphatic hydroxyl groups excluding tert-OH is 1. The molecule has 3 rings (SSSR count). The van der Waals surface area contributed by atoms with E-state index in [4.69, 9.17) is 5.11 Å². The summed E-state index contributed by atoms with van der Waals surface area (Å²) < 4.78 is 0. The lowest BCUT2D eigenvalue weighted by Crippen LogP contribution is -2.21. The molecule has 2 aromatic heterocycles. The van der Waals surface area contributed by atoms with E-state index in [9.17, 15) is 0 Å². The van der Waals surface area contributed by atoms with Gasteiger partial charge >= 0.3 is 0 Å². The minimum Gasteiger partial charge on any atom is -0.395 e. The van der Waals surface area contributed by atoms with Crippen molar-refractivity contribution >= 4 is 22.9 Å². The van der Waals surface area contributed by atoms with Gasteiger partial charge in [0.1, 0.15) is 0 Å². The number of hydrogen-bond donors (Lipinski definition) is 2. The highest BCUT2D eigenvalue weighted by atomic mass is 16.3. The van der Waals surface area contributed by atoms with Gasteiger partial charge in [-0.15, -0.1) is 0 Å². The van der Waals surface area contributed by atoms with E-state index >= 15 is 0 Å². The highest BCUT2D eigenvalue weighted by Crippen LogP contribution is 2.22. The van der Waals surface area contributed by atoms with Crippen LogP contribution in [-0.4, -0.2) is 51.3 Å². The average Bonchev–Trinajstić information content (AvgIpc) is 2.98. The van der Waals surface area contributed by atoms with Crippen LogP contribution in [0, 0.1) is 0 Å². The van der Waals surface area contributed by atoms with Crippen molar-refractivity contribution in [1.29, 1.82) is 0 Å². The maximum atomic E-state index is 8.93. The van der Waals surface area contributed by atoms with E-state index in [2.05, 4.69) is 30.2 Å². The Kier molecular flexibility index (Phi) is 3.37. The van der Waals surface area contributed by atoms with Crippen LogP contribution in [0.4, 0.5) is 11.8 Å². The molecule has 0 bridgehead atoms. The molecule has 0 aliphatic carbocycles. The summed E-state index contributed by atoms with van der Waals surface area (Å²) in [6, 6.07) is 0. The number of hydrogen-bond acceptors (Lipinski definition) is 7. The second-order valence-corrected chi connectivity index (χ2v) is 4.45. The summed E-state index contributed by atoms with van der Waals surface area (Å²) in [4.78, 5) is 19.6. The summed E-state index contributed by atoms with van der Waals surface area (Å²) >= 11 is 0. The lowest BCUT2D eigenvalue weighted by Gasteiger charge is -2.16. The van der Waals surface area contributed by atoms with Crippen LogP contribution in [0.1, 0.15) is 12.8 Å². The number of nitrogens with one attached hydrogen (secondary N) is 1. The number of anilines is 2. The first-order valence-electron chi connectivity index (χ1n) is 6.47. The highest BCUT2D eigenvalue weighted by Gasteiger charge is 2.18. The Morgan fingerprint density at radius 2 is 1.95 bits per heavy atom. The van der Waals surface area contributed by atoms with Gasteiger partial charge in [0.2, 0.25) is 5.95 Å². The summed E-state index contributed by atoms with van der Waals surface area (Å²) in [5.74, 6) is 1.32. The van der Waals surface area contributed by atoms with Gasteiger partial charge in [-0.05, 0) is 12.8 Å². The maximum absolute atomic E-state index is 8.93. The van der Waals surface area contributed by atoms with Gasteiger partial charge in [-0.2, -0.15) is 9.97 Å². The minimum absolute atomic E-state index is 0.0464. The monoisotopic (exact) mass is 260 g/mol. The third kappa shape index (κ3) is 2.41. The highest BCUT2D eigenvalue weighted by molar-refractivity contribution is 5.83. The van der Waals surface area contributed by atoms with Crippen LogP contribution >= 0.6 is 0 Å². The Labute approximate surface area is 110 Å². The predicted octanol–water partition coefficient (Wildman–Crippen LogP) is 0.424. The van der Waals surface area contributed by atoms with Crippen LogP contribution < -0.4 is 10.2 Å². The van der Waals surface area contributed by atoms with Gasteiger partial charge < -0.3 is 15.3 Å². The van der Waals surface area contributed by atoms with Crippen LogP contribution in [0.25, 0.3) is 11.2 Å². The minimum atomic E-state index is 0.0464. The zero-order chi connectivity index (χ0) is 13.1. The molecule has 0 amide bonds. The molecule has 2 aromatic rings. The van der Waals surface area contributed by atoms with Crippen LogP contribution in [0.15, 0.2) is 12.4 Å². The Balaban J connectivity index is 2.03. The van der Waals surface area contributed by atoms with Crippen LogP contribution in [0.2, 0.25) is 0 Å². The van der Waals surface area contributed by atoms with Gasteiger partial charge in [0.05, 0.1) is 6.61 Å². The van der Waals surface area contributed by atoms with Gasteiger partial charge in [-0.1, -0.05) is 0 Å². The summed E-state index contributed by atoms with van der Waals surface area (Å²) in [7, 11) is 0. The molecule has 0 spiro atoms. The van der Waals surface area contributed by atoms with E-state index in [1.54, 1.807) is 12.4 Å². The molecule has 0 aromatic carbocycles. The van der Waals surface area contributed by atoms with E-state index in [-0.39, 0.29) is 6.61 Å². The van der Waals surface area contributed by atoms with E-state index in [0.717, 1.165) is 13.1 Å². The molecule has 19 heavy (non-hydrogen) atoms. The normalized spacial score (nSPS) is 15.1. The first kappa shape index (κ1) is 12.0. The molecule has 1 aliphatic rings. The first-order chi connectivity index (χ1) is 9.38. The molecule has 0 radical (unpaired) electrons. The van der Waals surface area contributed by atoms with E-state index < -0.39 is 0 Å². The van der Waals surface area contributed by atoms with Crippen molar-refractivity contribution < 1.29 is 5.11 Å². The largest absolute Gasteiger partial charge is 0.395 e. The van der Waals surface area contributed by atoms with Crippen molar-refractivity contribution in [2.45, 2.75) is 12.8 Å². The Morgan fingerprint density at radius 3 is 2.74 bits per heavy atom. The molecule has 2 N–H and O–H groups in total. The SMILES string of the molecule is OCCNc1nc(N2CCCC2)nc2nccnc12. The molecule has 1 saturated heterocycles. The summed E-state index contributed by atoms with van der Waals surface area (Å²) in [6.07, 6.45) is 5.58. The molecule has 0 saturated carbocycles. The van der Waals surface area contributed by atoms with E-state index in [1.165, 1.54) is 12.8 Å². The van der Waals surface area contributed by atoms with Crippen LogP contribution in [0.5, 0.6) is 0 Å². The zero-order valence-corrected chi connectivity index (χ0v) is 10.6. The van der Waals surface area contributed by atoms with Crippen molar-refractivity contribution in [3.05, 3.63) is 12.4 Å². The lowest BCUT2D eigenvalue weighted by molar-refractivity contribution is 0.311. The molecular formula is C12H16N6O. The molecule has 1 aliphatic heterocycles. The van der Waals surface area contributed by atoms with Gasteiger partial charge in [0, 0.05) is 32.0 Å². The smallest absolute Gasteiger partial charge is 0.229 e. The third-order valence-electron chi connectivity index (χ3n) is 3.11. The predicted molar refractivity (Wildman–Crippen MR) is 72.2 cm³/mol. The van der Waals surface area contributed by atoms with Gasteiger partial charge in [0.25, 0.3) is 0 Å². The number of nitrogens with zero attached hydrogens (tertiary/aromatic N) is 5. The van der Waals surface area contributed by atoms with Crippen molar-refractivity contribution in [1.82, 2.24) is 19.9 Å². The Morgan fingerprint density at radius 1 is 1.16 bits per heavy atom. The Hall–Kier alpha value is -2.02. The van der Waals surface area contributed by atoms with Gasteiger partial charge in [-0.25, -0.2) is 9.97 Å². The van der Waals surface area contributed by atoms with Gasteiger partial charge in [-0.3, -0.25) is 0 Å². The van der Waals surface area contributed by atoms with Crippen LogP contribution in [-0.2, 0) is 0 Å². The number of aliphatic hydroxyl groups is 1. The molecule has 7 nitrogen and oxygen atoms in total. The van der Waals surface area contributed by atoms with E-state index in [1.807, 2.05) is 0 Å². The molecule has 3 heterocycles. The quantitative estimate of drug-likeness (QED) is 0.824. The van der Waals surface area contributed by atoms with Crippen LogP contribution in [0.3, 0.4) is 0 Å². The average molecular weight is 260 g/mol. The molecule has 1 fully saturated rings. The van der Waals surface area contributed by atoms with Crippen molar-refractivity contribution in [2.24, 2.45) is 0 Å². The maximum Gasteiger partial charge on any atom is 0.229 e. The zero-order valence-electron chi connectivity index (χ0n) is 10.6. The lowest BCUT2D eigenvalue weighted by atomic mass is 10.4. The summed E-state index contributed by atoms with van der Waals surface area (Å²) in [6.45, 7) is 2.43. The second-order valence-electron chi connectivity index (χ2n) is 4.45. The third-order valence-corrected chi connectivity index (χ3v) is 3.11. The number of rotatable bonds is 4. The van der Waals surface area contributed by atoms with Crippen molar-refractivity contribution in [2.75, 3.05) is 36.5 Å². The van der Waals surface area contributed by atoms with Gasteiger partial charge in [0.15, 0.2) is 17.0 Å². The molecule has 100 valence electrons. The fourth-order valence-corrected chi connectivity index (χ4v) is 2.21. The standard InChI is InChI=1S/C12H16N6O/c19-8-5-15-11-9-10(14-4-3-13-9)16-12(17-11)18-6-1-2-7-18/h3-4,19H,1-2,5-8H2,(H,14,15,16,17). The van der Waals surface area contributed by atoms with E-state index in [0.29, 0.717) is 29.5 Å². The number of fused-ring (bicyclic) bond motifs is 1. The molecule has 0 atom stereocenters. The first-order valence-corrected chi connectivity index (χ1v) is 6.47. The second kappa shape index (κ2) is 5.31. The van der Waals surface area contributed by atoms with Crippen molar-refractivity contribution in [3.8, 4) is 0 Å². The topological polar surface area (TPSA) is 87.1 Å². The molecule has 0 unspecified atom stereocenters. The summed E-state index contributed by atoms with van der Waals surface area (Å²) in [5, 5.41) is 12.0. The number of aromatic nitrogens is 4. The summed E-state index contributed by atoms with van der Waals surface area (Å²) in [5.41, 5.74) is 1.22. The fraction of sp³-hybridized carbons (Fsp3) is 0.500. The Bertz CT molecular complexity index is 569. The molecule has 7 heteroatoms. The van der Waals surface area contributed by atoms with Crippen molar-refractivity contribution in [3.63, 3.8) is 0 Å².